The lowest BCUT2D eigenvalue weighted by Crippen LogP contribution is -2.13. The van der Waals surface area contributed by atoms with Gasteiger partial charge in [0.05, 0.1) is 37.7 Å². The van der Waals surface area contributed by atoms with Crippen molar-refractivity contribution in [2.75, 3.05) is 26.6 Å². The number of rotatable bonds is 6. The van der Waals surface area contributed by atoms with Gasteiger partial charge >= 0.3 is 0 Å². The smallest absolute Gasteiger partial charge is 0.255 e. The molecule has 8 nitrogen and oxygen atoms in total. The molecule has 3 aromatic carbocycles. The number of amides is 1. The second-order valence-electron chi connectivity index (χ2n) is 7.01. The maximum absolute atomic E-state index is 12.9. The monoisotopic (exact) mass is 452 g/mol. The zero-order valence-electron chi connectivity index (χ0n) is 18.0. The third-order valence-electron chi connectivity index (χ3n) is 4.91. The van der Waals surface area contributed by atoms with E-state index in [1.807, 2.05) is 31.2 Å². The standard InChI is InChI=1S/C23H21ClN4O4/c1-13-5-7-15(8-6-13)28-26-18-11-16(24)17(12-19(18)27-28)25-23(29)14-9-20(30-2)22(32-4)21(10-14)31-3/h5-12H,1-4H3,(H,25,29). The van der Waals surface area contributed by atoms with Gasteiger partial charge in [-0.05, 0) is 43.3 Å². The number of halogens is 1. The molecule has 0 bridgehead atoms. The topological polar surface area (TPSA) is 87.5 Å². The molecule has 1 heterocycles. The Hall–Kier alpha value is -3.78. The van der Waals surface area contributed by atoms with Crippen molar-refractivity contribution in [3.8, 4) is 22.9 Å². The summed E-state index contributed by atoms with van der Waals surface area (Å²) < 4.78 is 15.9. The molecule has 0 fully saturated rings. The van der Waals surface area contributed by atoms with Crippen LogP contribution < -0.4 is 19.5 Å². The number of nitrogens with one attached hydrogen (secondary N) is 1. The molecule has 0 saturated heterocycles. The van der Waals surface area contributed by atoms with Crippen LogP contribution in [0.15, 0.2) is 48.5 Å². The number of methoxy groups -OCH3 is 3. The number of hydrogen-bond donors (Lipinski definition) is 1. The number of ether oxygens (including phenoxy) is 3. The van der Waals surface area contributed by atoms with E-state index in [0.717, 1.165) is 11.3 Å². The molecule has 0 aliphatic rings. The number of carbonyl (C=O) groups is 1. The van der Waals surface area contributed by atoms with E-state index in [9.17, 15) is 4.79 Å². The zero-order chi connectivity index (χ0) is 22.8. The summed E-state index contributed by atoms with van der Waals surface area (Å²) >= 11 is 6.41. The van der Waals surface area contributed by atoms with Gasteiger partial charge in [0, 0.05) is 5.56 Å². The number of fused-ring (bicyclic) bond motifs is 1. The molecule has 1 aromatic heterocycles. The number of anilines is 1. The van der Waals surface area contributed by atoms with Crippen molar-refractivity contribution in [1.29, 1.82) is 0 Å². The second kappa shape index (κ2) is 8.76. The minimum absolute atomic E-state index is 0.318. The quantitative estimate of drug-likeness (QED) is 0.457. The Bertz CT molecular complexity index is 1280. The predicted molar refractivity (Wildman–Crippen MR) is 123 cm³/mol. The van der Waals surface area contributed by atoms with E-state index in [1.165, 1.54) is 26.1 Å². The largest absolute Gasteiger partial charge is 0.493 e. The van der Waals surface area contributed by atoms with E-state index in [1.54, 1.807) is 24.3 Å². The minimum atomic E-state index is -0.392. The van der Waals surface area contributed by atoms with Crippen molar-refractivity contribution in [2.45, 2.75) is 6.92 Å². The first kappa shape index (κ1) is 21.5. The van der Waals surface area contributed by atoms with Gasteiger partial charge in [0.15, 0.2) is 11.5 Å². The van der Waals surface area contributed by atoms with Crippen LogP contribution in [-0.4, -0.2) is 42.2 Å². The highest BCUT2D eigenvalue weighted by atomic mass is 35.5. The van der Waals surface area contributed by atoms with Gasteiger partial charge in [-0.3, -0.25) is 4.79 Å². The number of aryl methyl sites for hydroxylation is 1. The molecule has 164 valence electrons. The average Bonchev–Trinajstić information content (AvgIpc) is 3.21. The first-order chi connectivity index (χ1) is 15.4. The Morgan fingerprint density at radius 3 is 2.06 bits per heavy atom. The van der Waals surface area contributed by atoms with Crippen molar-refractivity contribution in [2.24, 2.45) is 0 Å². The molecular weight excluding hydrogens is 432 g/mol. The summed E-state index contributed by atoms with van der Waals surface area (Å²) in [7, 11) is 4.47. The Morgan fingerprint density at radius 1 is 0.906 bits per heavy atom. The van der Waals surface area contributed by atoms with E-state index < -0.39 is 5.91 Å². The summed E-state index contributed by atoms with van der Waals surface area (Å²) in [5.74, 6) is 0.759. The van der Waals surface area contributed by atoms with Crippen LogP contribution in [0.4, 0.5) is 5.69 Å². The Balaban J connectivity index is 1.66. The van der Waals surface area contributed by atoms with E-state index in [4.69, 9.17) is 25.8 Å². The Labute approximate surface area is 189 Å². The van der Waals surface area contributed by atoms with Crippen LogP contribution in [0, 0.1) is 6.92 Å². The fourth-order valence-corrected chi connectivity index (χ4v) is 3.44. The van der Waals surface area contributed by atoms with Gasteiger partial charge < -0.3 is 19.5 Å². The highest BCUT2D eigenvalue weighted by Crippen LogP contribution is 2.38. The van der Waals surface area contributed by atoms with Gasteiger partial charge in [0.25, 0.3) is 5.91 Å². The van der Waals surface area contributed by atoms with Gasteiger partial charge in [0.1, 0.15) is 11.0 Å². The molecule has 1 amide bonds. The molecule has 0 spiro atoms. The number of aromatic nitrogens is 3. The van der Waals surface area contributed by atoms with Crippen molar-refractivity contribution >= 4 is 34.2 Å². The molecule has 0 aliphatic carbocycles. The maximum atomic E-state index is 12.9. The van der Waals surface area contributed by atoms with E-state index >= 15 is 0 Å². The van der Waals surface area contributed by atoms with Gasteiger partial charge in [-0.2, -0.15) is 4.80 Å². The molecule has 0 radical (unpaired) electrons. The van der Waals surface area contributed by atoms with Crippen LogP contribution in [0.1, 0.15) is 15.9 Å². The van der Waals surface area contributed by atoms with Gasteiger partial charge in [-0.15, -0.1) is 10.2 Å². The molecule has 0 aliphatic heterocycles. The lowest BCUT2D eigenvalue weighted by molar-refractivity contribution is 0.102. The molecule has 32 heavy (non-hydrogen) atoms. The van der Waals surface area contributed by atoms with Gasteiger partial charge in [-0.25, -0.2) is 0 Å². The van der Waals surface area contributed by atoms with Gasteiger partial charge in [0.2, 0.25) is 5.75 Å². The number of benzene rings is 3. The van der Waals surface area contributed by atoms with Crippen molar-refractivity contribution in [3.05, 3.63) is 64.7 Å². The average molecular weight is 453 g/mol. The zero-order valence-corrected chi connectivity index (χ0v) is 18.7. The third-order valence-corrected chi connectivity index (χ3v) is 5.22. The molecule has 4 aromatic rings. The summed E-state index contributed by atoms with van der Waals surface area (Å²) in [6.07, 6.45) is 0. The van der Waals surface area contributed by atoms with Crippen LogP contribution in [0.2, 0.25) is 5.02 Å². The summed E-state index contributed by atoms with van der Waals surface area (Å²) in [5, 5.41) is 12.1. The van der Waals surface area contributed by atoms with Crippen LogP contribution in [0.3, 0.4) is 0 Å². The van der Waals surface area contributed by atoms with E-state index in [-0.39, 0.29) is 0 Å². The van der Waals surface area contributed by atoms with Crippen LogP contribution >= 0.6 is 11.6 Å². The predicted octanol–water partition coefficient (Wildman–Crippen LogP) is 4.66. The highest BCUT2D eigenvalue weighted by Gasteiger charge is 2.18. The van der Waals surface area contributed by atoms with E-state index in [0.29, 0.717) is 44.6 Å². The number of nitrogens with zero attached hydrogens (tertiary/aromatic N) is 3. The first-order valence-electron chi connectivity index (χ1n) is 9.68. The molecule has 0 atom stereocenters. The Kier molecular flexibility index (Phi) is 5.87. The fourth-order valence-electron chi connectivity index (χ4n) is 3.23. The van der Waals surface area contributed by atoms with E-state index in [2.05, 4.69) is 15.5 Å². The summed E-state index contributed by atoms with van der Waals surface area (Å²) in [6.45, 7) is 2.01. The van der Waals surface area contributed by atoms with Crippen molar-refractivity contribution in [1.82, 2.24) is 15.0 Å². The third kappa shape index (κ3) is 4.04. The highest BCUT2D eigenvalue weighted by molar-refractivity contribution is 6.34. The molecule has 0 unspecified atom stereocenters. The summed E-state index contributed by atoms with van der Waals surface area (Å²) in [4.78, 5) is 14.5. The lowest BCUT2D eigenvalue weighted by atomic mass is 10.1. The van der Waals surface area contributed by atoms with Gasteiger partial charge in [-0.1, -0.05) is 29.3 Å². The Morgan fingerprint density at radius 2 is 1.50 bits per heavy atom. The lowest BCUT2D eigenvalue weighted by Gasteiger charge is -2.14. The van der Waals surface area contributed by atoms with Crippen LogP contribution in [0.5, 0.6) is 17.2 Å². The molecular formula is C23H21ClN4O4. The summed E-state index contributed by atoms with van der Waals surface area (Å²) in [5.41, 5.74) is 3.90. The first-order valence-corrected chi connectivity index (χ1v) is 10.1. The normalized spacial score (nSPS) is 10.8. The van der Waals surface area contributed by atoms with Crippen molar-refractivity contribution in [3.63, 3.8) is 0 Å². The number of carbonyl (C=O) groups excluding carboxylic acids is 1. The second-order valence-corrected chi connectivity index (χ2v) is 7.42. The van der Waals surface area contributed by atoms with Crippen LogP contribution in [-0.2, 0) is 0 Å². The molecule has 9 heteroatoms. The molecule has 1 N–H and O–H groups in total. The molecule has 0 saturated carbocycles. The summed E-state index contributed by atoms with van der Waals surface area (Å²) in [6, 6.07) is 14.3. The fraction of sp³-hybridized carbons (Fsp3) is 0.174. The molecule has 4 rings (SSSR count). The van der Waals surface area contributed by atoms with Crippen LogP contribution in [0.25, 0.3) is 16.7 Å². The van der Waals surface area contributed by atoms with Crippen molar-refractivity contribution < 1.29 is 19.0 Å². The SMILES string of the molecule is COc1cc(C(=O)Nc2cc3nn(-c4ccc(C)cc4)nc3cc2Cl)cc(OC)c1OC. The minimum Gasteiger partial charge on any atom is -0.493 e. The maximum Gasteiger partial charge on any atom is 0.255 e. The number of hydrogen-bond acceptors (Lipinski definition) is 6.